The zero-order valence-electron chi connectivity index (χ0n) is 16.8. The first-order chi connectivity index (χ1) is 14.7. The second-order valence-electron chi connectivity index (χ2n) is 7.53. The van der Waals surface area contributed by atoms with Gasteiger partial charge in [0.2, 0.25) is 0 Å². The van der Waals surface area contributed by atoms with Crippen molar-refractivity contribution in [2.45, 2.75) is 25.3 Å². The summed E-state index contributed by atoms with van der Waals surface area (Å²) in [5.41, 5.74) is 2.42. The molecule has 0 saturated carbocycles. The van der Waals surface area contributed by atoms with Crippen LogP contribution in [0, 0.1) is 0 Å². The maximum atomic E-state index is 12.5. The molecule has 0 atom stereocenters. The van der Waals surface area contributed by atoms with Crippen molar-refractivity contribution in [1.82, 2.24) is 25.0 Å². The molecule has 3 aromatic rings. The molecular formula is C23H25N5O2. The number of para-hydroxylation sites is 1. The number of hydrogen-bond acceptors (Lipinski definition) is 5. The van der Waals surface area contributed by atoms with E-state index in [2.05, 4.69) is 20.3 Å². The molecule has 0 spiro atoms. The minimum atomic E-state index is -0.558. The van der Waals surface area contributed by atoms with Crippen LogP contribution >= 0.6 is 0 Å². The number of nitrogens with zero attached hydrogens (tertiary/aromatic N) is 4. The lowest BCUT2D eigenvalue weighted by molar-refractivity contribution is -0.118. The van der Waals surface area contributed by atoms with Crippen LogP contribution in [0.15, 0.2) is 67.3 Å². The molecule has 7 heteroatoms. The molecule has 3 heterocycles. The van der Waals surface area contributed by atoms with Crippen molar-refractivity contribution in [2.24, 2.45) is 0 Å². The van der Waals surface area contributed by atoms with Crippen LogP contribution in [-0.2, 0) is 11.2 Å². The third-order valence-corrected chi connectivity index (χ3v) is 5.46. The monoisotopic (exact) mass is 403 g/mol. The molecule has 0 aliphatic carbocycles. The molecule has 1 aromatic carbocycles. The molecular weight excluding hydrogens is 378 g/mol. The zero-order valence-corrected chi connectivity index (χ0v) is 16.8. The summed E-state index contributed by atoms with van der Waals surface area (Å²) in [6, 6.07) is 13.6. The largest absolute Gasteiger partial charge is 0.346 e. The second-order valence-corrected chi connectivity index (χ2v) is 7.53. The van der Waals surface area contributed by atoms with Gasteiger partial charge in [-0.25, -0.2) is 4.68 Å². The molecule has 2 aromatic heterocycles. The van der Waals surface area contributed by atoms with Crippen molar-refractivity contribution in [3.8, 4) is 5.69 Å². The quantitative estimate of drug-likeness (QED) is 0.484. The highest BCUT2D eigenvalue weighted by Crippen LogP contribution is 2.13. The molecule has 1 aliphatic rings. The third kappa shape index (κ3) is 4.99. The predicted octanol–water partition coefficient (Wildman–Crippen LogP) is 2.27. The Kier molecular flexibility index (Phi) is 6.29. The Labute approximate surface area is 175 Å². The first-order valence-corrected chi connectivity index (χ1v) is 10.3. The van der Waals surface area contributed by atoms with Gasteiger partial charge in [0.1, 0.15) is 0 Å². The number of ketones is 1. The van der Waals surface area contributed by atoms with Gasteiger partial charge in [-0.2, -0.15) is 5.10 Å². The summed E-state index contributed by atoms with van der Waals surface area (Å²) < 4.78 is 1.60. The van der Waals surface area contributed by atoms with E-state index in [-0.39, 0.29) is 6.04 Å². The summed E-state index contributed by atoms with van der Waals surface area (Å²) >= 11 is 0. The van der Waals surface area contributed by atoms with Gasteiger partial charge in [0.15, 0.2) is 0 Å². The maximum Gasteiger partial charge on any atom is 0.292 e. The van der Waals surface area contributed by atoms with Crippen LogP contribution < -0.4 is 5.32 Å². The van der Waals surface area contributed by atoms with Gasteiger partial charge in [0.25, 0.3) is 11.7 Å². The Morgan fingerprint density at radius 1 is 1.03 bits per heavy atom. The number of hydrogen-bond donors (Lipinski definition) is 1. The normalized spacial score (nSPS) is 15.1. The van der Waals surface area contributed by atoms with Crippen molar-refractivity contribution in [1.29, 1.82) is 0 Å². The topological polar surface area (TPSA) is 80.1 Å². The lowest BCUT2D eigenvalue weighted by Gasteiger charge is -2.32. The SMILES string of the molecule is O=C(NC1CCN(CCc2ccncc2)CC1)C(=O)c1cnn(-c2ccccc2)c1. The fourth-order valence-electron chi connectivity index (χ4n) is 3.68. The number of carbonyl (C=O) groups is 2. The first-order valence-electron chi connectivity index (χ1n) is 10.3. The van der Waals surface area contributed by atoms with E-state index < -0.39 is 11.7 Å². The van der Waals surface area contributed by atoms with Crippen LogP contribution in [0.25, 0.3) is 5.69 Å². The molecule has 30 heavy (non-hydrogen) atoms. The van der Waals surface area contributed by atoms with Crippen molar-refractivity contribution >= 4 is 11.7 Å². The highest BCUT2D eigenvalue weighted by Gasteiger charge is 2.24. The number of rotatable bonds is 7. The molecule has 1 fully saturated rings. The standard InChI is InChI=1S/C23H25N5O2/c29-22(19-16-25-28(17-19)21-4-2-1-3-5-21)23(30)26-20-9-14-27(15-10-20)13-8-18-6-11-24-12-7-18/h1-7,11-12,16-17,20H,8-10,13-15H2,(H,26,30). The van der Waals surface area contributed by atoms with Crippen LogP contribution in [0.4, 0.5) is 0 Å². The highest BCUT2D eigenvalue weighted by molar-refractivity contribution is 6.42. The van der Waals surface area contributed by atoms with Crippen LogP contribution in [0.5, 0.6) is 0 Å². The summed E-state index contributed by atoms with van der Waals surface area (Å²) in [5.74, 6) is -1.10. The molecule has 7 nitrogen and oxygen atoms in total. The van der Waals surface area contributed by atoms with Gasteiger partial charge >= 0.3 is 0 Å². The molecule has 4 rings (SSSR count). The molecule has 0 radical (unpaired) electrons. The molecule has 1 N–H and O–H groups in total. The Morgan fingerprint density at radius 2 is 1.77 bits per heavy atom. The van der Waals surface area contributed by atoms with Crippen molar-refractivity contribution in [3.05, 3.63) is 78.4 Å². The van der Waals surface area contributed by atoms with Gasteiger partial charge in [-0.1, -0.05) is 18.2 Å². The molecule has 154 valence electrons. The van der Waals surface area contributed by atoms with Crippen molar-refractivity contribution in [3.63, 3.8) is 0 Å². The van der Waals surface area contributed by atoms with Crippen molar-refractivity contribution < 1.29 is 9.59 Å². The van der Waals surface area contributed by atoms with E-state index in [1.807, 2.05) is 54.9 Å². The summed E-state index contributed by atoms with van der Waals surface area (Å²) in [7, 11) is 0. The Morgan fingerprint density at radius 3 is 2.50 bits per heavy atom. The summed E-state index contributed by atoms with van der Waals surface area (Å²) in [6.45, 7) is 2.81. The summed E-state index contributed by atoms with van der Waals surface area (Å²) in [5, 5.41) is 7.10. The number of Topliss-reactive ketones (excluding diaryl/α,β-unsaturated/α-hetero) is 1. The van der Waals surface area contributed by atoms with E-state index in [0.29, 0.717) is 5.56 Å². The minimum Gasteiger partial charge on any atom is -0.346 e. The number of amides is 1. The smallest absolute Gasteiger partial charge is 0.292 e. The van der Waals surface area contributed by atoms with E-state index in [1.165, 1.54) is 11.8 Å². The average molecular weight is 403 g/mol. The number of nitrogens with one attached hydrogen (secondary N) is 1. The number of piperidine rings is 1. The molecule has 0 bridgehead atoms. The lowest BCUT2D eigenvalue weighted by Crippen LogP contribution is -2.46. The third-order valence-electron chi connectivity index (χ3n) is 5.46. The first kappa shape index (κ1) is 20.0. The van der Waals surface area contributed by atoms with Crippen LogP contribution in [0.3, 0.4) is 0 Å². The Balaban J connectivity index is 1.25. The lowest BCUT2D eigenvalue weighted by atomic mass is 10.0. The van der Waals surface area contributed by atoms with Crippen molar-refractivity contribution in [2.75, 3.05) is 19.6 Å². The summed E-state index contributed by atoms with van der Waals surface area (Å²) in [6.07, 6.45) is 9.35. The predicted molar refractivity (Wildman–Crippen MR) is 113 cm³/mol. The van der Waals surface area contributed by atoms with E-state index in [4.69, 9.17) is 0 Å². The van der Waals surface area contributed by atoms with E-state index >= 15 is 0 Å². The zero-order chi connectivity index (χ0) is 20.8. The molecule has 1 amide bonds. The fourth-order valence-corrected chi connectivity index (χ4v) is 3.68. The van der Waals surface area contributed by atoms with Gasteiger partial charge in [0.05, 0.1) is 17.4 Å². The van der Waals surface area contributed by atoms with Gasteiger partial charge in [-0.05, 0) is 49.1 Å². The summed E-state index contributed by atoms with van der Waals surface area (Å²) in [4.78, 5) is 31.4. The van der Waals surface area contributed by atoms with Crippen LogP contribution in [0.2, 0.25) is 0 Å². The molecule has 0 unspecified atom stereocenters. The average Bonchev–Trinajstić information content (AvgIpc) is 3.30. The molecule has 1 saturated heterocycles. The fraction of sp³-hybridized carbons (Fsp3) is 0.304. The number of benzene rings is 1. The highest BCUT2D eigenvalue weighted by atomic mass is 16.2. The van der Waals surface area contributed by atoms with Crippen LogP contribution in [-0.4, -0.2) is 57.0 Å². The van der Waals surface area contributed by atoms with E-state index in [9.17, 15) is 9.59 Å². The van der Waals surface area contributed by atoms with Gasteiger partial charge in [0, 0.05) is 44.3 Å². The van der Waals surface area contributed by atoms with Gasteiger partial charge in [-0.15, -0.1) is 0 Å². The maximum absolute atomic E-state index is 12.5. The van der Waals surface area contributed by atoms with Crippen LogP contribution in [0.1, 0.15) is 28.8 Å². The number of likely N-dealkylation sites (tertiary alicyclic amines) is 1. The second kappa shape index (κ2) is 9.45. The van der Waals surface area contributed by atoms with Gasteiger partial charge in [-0.3, -0.25) is 14.6 Å². The van der Waals surface area contributed by atoms with E-state index in [0.717, 1.165) is 44.6 Å². The minimum absolute atomic E-state index is 0.0304. The molecule has 1 aliphatic heterocycles. The Bertz CT molecular complexity index is 979. The number of carbonyl (C=O) groups excluding carboxylic acids is 2. The van der Waals surface area contributed by atoms with Gasteiger partial charge < -0.3 is 10.2 Å². The Hall–Kier alpha value is -3.32. The number of pyridine rings is 1. The van der Waals surface area contributed by atoms with E-state index in [1.54, 1.807) is 10.9 Å². The number of aromatic nitrogens is 3.